The number of para-hydroxylation sites is 1. The van der Waals surface area contributed by atoms with Crippen molar-refractivity contribution in [3.8, 4) is 0 Å². The number of rotatable bonds is 7. The molecule has 6 nitrogen and oxygen atoms in total. The van der Waals surface area contributed by atoms with Crippen molar-refractivity contribution in [3.63, 3.8) is 0 Å². The van der Waals surface area contributed by atoms with Crippen molar-refractivity contribution >= 4 is 37.8 Å². The Bertz CT molecular complexity index is 1750. The molecule has 0 radical (unpaired) electrons. The van der Waals surface area contributed by atoms with Gasteiger partial charge in [-0.1, -0.05) is 78.4 Å². The average molecular weight is 525 g/mol. The number of nitrogens with zero attached hydrogens (tertiary/aromatic N) is 1. The molecule has 1 amide bonds. The summed E-state index contributed by atoms with van der Waals surface area (Å²) in [6.45, 7) is 5.99. The third kappa shape index (κ3) is 4.57. The monoisotopic (exact) mass is 524 g/mol. The predicted octanol–water partition coefficient (Wildman–Crippen LogP) is 6.71. The van der Waals surface area contributed by atoms with E-state index in [1.807, 2.05) is 67.6 Å². The molecule has 2 atom stereocenters. The minimum atomic E-state index is -3.88. The number of fused-ring (bicyclic) bond motifs is 2. The van der Waals surface area contributed by atoms with Gasteiger partial charge in [0.15, 0.2) is 0 Å². The number of carbonyl (C=O) groups excluding carboxylic acids is 1. The van der Waals surface area contributed by atoms with Gasteiger partial charge in [0, 0.05) is 17.5 Å². The van der Waals surface area contributed by atoms with Crippen LogP contribution in [0.1, 0.15) is 28.7 Å². The highest BCUT2D eigenvalue weighted by molar-refractivity contribution is 7.90. The lowest BCUT2D eigenvalue weighted by Crippen LogP contribution is -2.32. The Hall–Kier alpha value is -4.36. The van der Waals surface area contributed by atoms with Crippen molar-refractivity contribution < 1.29 is 17.9 Å². The van der Waals surface area contributed by atoms with Gasteiger partial charge in [-0.3, -0.25) is 0 Å². The number of hydrogen-bond donors (Lipinski definition) is 1. The first kappa shape index (κ1) is 25.3. The lowest BCUT2D eigenvalue weighted by Gasteiger charge is -2.26. The van der Waals surface area contributed by atoms with Crippen LogP contribution >= 0.6 is 0 Å². The number of alkyl carbamates (subject to hydrolysis) is 1. The van der Waals surface area contributed by atoms with E-state index < -0.39 is 28.1 Å². The molecule has 1 N–H and O–H groups in total. The highest BCUT2D eigenvalue weighted by atomic mass is 32.2. The van der Waals surface area contributed by atoms with Gasteiger partial charge in [-0.05, 0) is 53.1 Å². The van der Waals surface area contributed by atoms with Gasteiger partial charge in [0.2, 0.25) is 0 Å². The molecule has 5 rings (SSSR count). The van der Waals surface area contributed by atoms with Crippen LogP contribution in [0.4, 0.5) is 4.79 Å². The number of amides is 1. The van der Waals surface area contributed by atoms with Gasteiger partial charge in [-0.2, -0.15) is 0 Å². The number of aromatic nitrogens is 1. The van der Waals surface area contributed by atoms with Crippen molar-refractivity contribution in [2.45, 2.75) is 23.8 Å². The summed E-state index contributed by atoms with van der Waals surface area (Å²) in [4.78, 5) is 12.7. The lowest BCUT2D eigenvalue weighted by molar-refractivity contribution is 0.165. The maximum Gasteiger partial charge on any atom is 0.407 e. The number of benzene rings is 4. The van der Waals surface area contributed by atoms with E-state index in [1.54, 1.807) is 42.6 Å². The van der Waals surface area contributed by atoms with E-state index in [4.69, 9.17) is 4.74 Å². The van der Waals surface area contributed by atoms with Crippen LogP contribution in [0.25, 0.3) is 21.7 Å². The van der Waals surface area contributed by atoms with Crippen LogP contribution in [0.3, 0.4) is 0 Å². The fraction of sp³-hybridized carbons (Fsp3) is 0.129. The fourth-order valence-corrected chi connectivity index (χ4v) is 6.25. The molecule has 7 heteroatoms. The molecule has 0 bridgehead atoms. The minimum absolute atomic E-state index is 0.198. The zero-order valence-corrected chi connectivity index (χ0v) is 22.0. The van der Waals surface area contributed by atoms with Crippen LogP contribution in [0, 0.1) is 6.92 Å². The van der Waals surface area contributed by atoms with Crippen LogP contribution in [0.5, 0.6) is 0 Å². The van der Waals surface area contributed by atoms with Crippen molar-refractivity contribution in [1.82, 2.24) is 9.29 Å². The number of aryl methyl sites for hydroxylation is 1. The van der Waals surface area contributed by atoms with Gasteiger partial charge in [0.05, 0.1) is 23.6 Å². The summed E-state index contributed by atoms with van der Waals surface area (Å²) in [6.07, 6.45) is 2.78. The Kier molecular flexibility index (Phi) is 6.78. The Balaban J connectivity index is 1.69. The van der Waals surface area contributed by atoms with Gasteiger partial charge in [-0.25, -0.2) is 17.2 Å². The lowest BCUT2D eigenvalue weighted by atomic mass is 9.86. The van der Waals surface area contributed by atoms with Crippen molar-refractivity contribution in [1.29, 1.82) is 0 Å². The van der Waals surface area contributed by atoms with E-state index in [-0.39, 0.29) is 4.90 Å². The van der Waals surface area contributed by atoms with Crippen molar-refractivity contribution in [2.75, 3.05) is 7.11 Å². The molecule has 0 aliphatic carbocycles. The molecular weight excluding hydrogens is 496 g/mol. The zero-order chi connectivity index (χ0) is 26.9. The Labute approximate surface area is 222 Å². The van der Waals surface area contributed by atoms with Gasteiger partial charge in [0.1, 0.15) is 0 Å². The van der Waals surface area contributed by atoms with Crippen molar-refractivity contribution in [3.05, 3.63) is 127 Å². The van der Waals surface area contributed by atoms with Gasteiger partial charge in [0.25, 0.3) is 10.0 Å². The largest absolute Gasteiger partial charge is 0.453 e. The summed E-state index contributed by atoms with van der Waals surface area (Å²) in [5, 5.41) is 5.81. The molecule has 1 heterocycles. The van der Waals surface area contributed by atoms with Crippen LogP contribution in [-0.2, 0) is 14.8 Å². The van der Waals surface area contributed by atoms with Crippen molar-refractivity contribution in [2.24, 2.45) is 0 Å². The standard InChI is InChI=1S/C31H28N2O4S/c1-4-26(30(32-31(34)37-3)24-16-15-22-9-5-6-10-23(22)19-24)28-20-33(29-12-8-7-11-27(28)29)38(35,36)25-17-13-21(2)14-18-25/h4-20,26,30H,1H2,2-3H3,(H,32,34)/t26-,30-/m0/s1. The fourth-order valence-electron chi connectivity index (χ4n) is 4.87. The summed E-state index contributed by atoms with van der Waals surface area (Å²) in [7, 11) is -2.56. The molecule has 0 spiro atoms. The Morgan fingerprint density at radius 1 is 0.947 bits per heavy atom. The van der Waals surface area contributed by atoms with E-state index >= 15 is 0 Å². The van der Waals surface area contributed by atoms with Gasteiger partial charge in [-0.15, -0.1) is 6.58 Å². The van der Waals surface area contributed by atoms with E-state index in [2.05, 4.69) is 11.9 Å². The smallest absolute Gasteiger partial charge is 0.407 e. The summed E-state index contributed by atoms with van der Waals surface area (Å²) < 4.78 is 33.7. The van der Waals surface area contributed by atoms with Crippen LogP contribution in [-0.4, -0.2) is 25.6 Å². The summed E-state index contributed by atoms with van der Waals surface area (Å²) in [5.74, 6) is -0.463. The van der Waals surface area contributed by atoms with Gasteiger partial charge < -0.3 is 10.1 Å². The maximum absolute atomic E-state index is 13.7. The molecule has 4 aromatic carbocycles. The van der Waals surface area contributed by atoms with E-state index in [0.717, 1.165) is 32.8 Å². The molecule has 1 aromatic heterocycles. The Morgan fingerprint density at radius 3 is 2.34 bits per heavy atom. The number of ether oxygens (including phenoxy) is 1. The number of methoxy groups -OCH3 is 1. The maximum atomic E-state index is 13.7. The summed E-state index contributed by atoms with van der Waals surface area (Å²) in [5.41, 5.74) is 3.09. The molecule has 0 aliphatic rings. The first-order valence-electron chi connectivity index (χ1n) is 12.2. The molecule has 0 saturated heterocycles. The second-order valence-electron chi connectivity index (χ2n) is 9.20. The molecule has 192 valence electrons. The molecule has 0 saturated carbocycles. The van der Waals surface area contributed by atoms with Crippen LogP contribution in [0.15, 0.2) is 115 Å². The molecular formula is C31H28N2O4S. The second-order valence-corrected chi connectivity index (χ2v) is 11.0. The minimum Gasteiger partial charge on any atom is -0.453 e. The first-order valence-corrected chi connectivity index (χ1v) is 13.7. The van der Waals surface area contributed by atoms with Crippen LogP contribution in [0.2, 0.25) is 0 Å². The predicted molar refractivity (Wildman–Crippen MR) is 151 cm³/mol. The highest BCUT2D eigenvalue weighted by Gasteiger charge is 2.30. The second kappa shape index (κ2) is 10.2. The number of hydrogen-bond acceptors (Lipinski definition) is 4. The molecule has 0 unspecified atom stereocenters. The molecule has 0 aliphatic heterocycles. The van der Waals surface area contributed by atoms with E-state index in [0.29, 0.717) is 5.52 Å². The topological polar surface area (TPSA) is 77.4 Å². The number of nitrogens with one attached hydrogen (secondary N) is 1. The highest BCUT2D eigenvalue weighted by Crippen LogP contribution is 2.39. The van der Waals surface area contributed by atoms with E-state index in [9.17, 15) is 13.2 Å². The third-order valence-corrected chi connectivity index (χ3v) is 8.54. The normalized spacial score (nSPS) is 13.2. The van der Waals surface area contributed by atoms with Gasteiger partial charge >= 0.3 is 6.09 Å². The Morgan fingerprint density at radius 2 is 1.63 bits per heavy atom. The SMILES string of the molecule is C=C[C@@H](c1cn(S(=O)(=O)c2ccc(C)cc2)c2ccccc12)[C@@H](NC(=O)OC)c1ccc2ccccc2c1. The molecule has 0 fully saturated rings. The third-order valence-electron chi connectivity index (χ3n) is 6.85. The molecule has 38 heavy (non-hydrogen) atoms. The van der Waals surface area contributed by atoms with E-state index in [1.165, 1.54) is 11.1 Å². The summed E-state index contributed by atoms with van der Waals surface area (Å²) >= 11 is 0. The number of carbonyl (C=O) groups is 1. The summed E-state index contributed by atoms with van der Waals surface area (Å²) in [6, 6.07) is 27.5. The quantitative estimate of drug-likeness (QED) is 0.240. The first-order chi connectivity index (χ1) is 18.3. The molecule has 5 aromatic rings. The van der Waals surface area contributed by atoms with Crippen LogP contribution < -0.4 is 5.32 Å². The average Bonchev–Trinajstić information content (AvgIpc) is 3.33. The zero-order valence-electron chi connectivity index (χ0n) is 21.2.